The number of imide groups is 1. The molecule has 1 aromatic carbocycles. The quantitative estimate of drug-likeness (QED) is 0.535. The van der Waals surface area contributed by atoms with Crippen LogP contribution in [0, 0.1) is 5.92 Å². The number of piperidine rings is 1. The van der Waals surface area contributed by atoms with Gasteiger partial charge in [0, 0.05) is 31.0 Å². The molecule has 0 radical (unpaired) electrons. The number of nitrogens with one attached hydrogen (secondary N) is 4. The molecular weight excluding hydrogens is 332 g/mol. The van der Waals surface area contributed by atoms with E-state index in [1.807, 2.05) is 37.3 Å². The van der Waals surface area contributed by atoms with Gasteiger partial charge in [-0.2, -0.15) is 0 Å². The van der Waals surface area contributed by atoms with Crippen molar-refractivity contribution in [1.82, 2.24) is 10.6 Å². The fourth-order valence-corrected chi connectivity index (χ4v) is 3.05. The summed E-state index contributed by atoms with van der Waals surface area (Å²) < 4.78 is 0. The molecule has 1 fully saturated rings. The lowest BCUT2D eigenvalue weighted by molar-refractivity contribution is -0.897. The van der Waals surface area contributed by atoms with Crippen LogP contribution >= 0.6 is 0 Å². The van der Waals surface area contributed by atoms with Crippen molar-refractivity contribution < 1.29 is 19.3 Å². The van der Waals surface area contributed by atoms with Crippen LogP contribution in [0.5, 0.6) is 0 Å². The summed E-state index contributed by atoms with van der Waals surface area (Å²) in [5, 5.41) is 7.96. The number of unbranched alkanes of at least 4 members (excludes halogenated alkanes) is 1. The summed E-state index contributed by atoms with van der Waals surface area (Å²) in [7, 11) is 0. The minimum atomic E-state index is -0.431. The van der Waals surface area contributed by atoms with Gasteiger partial charge < -0.3 is 15.5 Å². The first kappa shape index (κ1) is 19.9. The van der Waals surface area contributed by atoms with Gasteiger partial charge in [0.2, 0.25) is 5.91 Å². The van der Waals surface area contributed by atoms with E-state index in [0.717, 1.165) is 49.4 Å². The lowest BCUT2D eigenvalue weighted by Crippen LogP contribution is -3.14. The average Bonchev–Trinajstić information content (AvgIpc) is 2.63. The lowest BCUT2D eigenvalue weighted by atomic mass is 9.96. The molecule has 0 saturated carbocycles. The first-order chi connectivity index (χ1) is 12.6. The maximum atomic E-state index is 12.3. The number of hydrogen-bond donors (Lipinski definition) is 4. The Balaban J connectivity index is 1.67. The number of rotatable bonds is 7. The normalized spacial score (nSPS) is 19.4. The average molecular weight is 361 g/mol. The Morgan fingerprint density at radius 1 is 1.12 bits per heavy atom. The van der Waals surface area contributed by atoms with E-state index in [4.69, 9.17) is 0 Å². The first-order valence-electron chi connectivity index (χ1n) is 9.35. The summed E-state index contributed by atoms with van der Waals surface area (Å²) in [6.45, 7) is 4.37. The van der Waals surface area contributed by atoms with Gasteiger partial charge in [-0.1, -0.05) is 31.5 Å². The zero-order valence-electron chi connectivity index (χ0n) is 15.3. The highest BCUT2D eigenvalue weighted by Gasteiger charge is 2.28. The fourth-order valence-electron chi connectivity index (χ4n) is 3.05. The third-order valence-electron chi connectivity index (χ3n) is 4.58. The number of benzene rings is 1. The van der Waals surface area contributed by atoms with Gasteiger partial charge in [0.25, 0.3) is 5.91 Å². The lowest BCUT2D eigenvalue weighted by Gasteiger charge is -2.28. The largest absolute Gasteiger partial charge is 0.338 e. The monoisotopic (exact) mass is 361 g/mol. The number of para-hydroxylation sites is 1. The minimum absolute atomic E-state index is 0.0284. The Bertz CT molecular complexity index is 598. The third-order valence-corrected chi connectivity index (χ3v) is 4.58. The van der Waals surface area contributed by atoms with Crippen LogP contribution in [-0.2, 0) is 9.59 Å². The van der Waals surface area contributed by atoms with Crippen molar-refractivity contribution >= 4 is 23.5 Å². The van der Waals surface area contributed by atoms with Gasteiger partial charge in [-0.15, -0.1) is 0 Å². The number of amides is 4. The number of quaternary nitrogens is 1. The molecule has 2 rings (SSSR count). The van der Waals surface area contributed by atoms with Crippen molar-refractivity contribution in [3.63, 3.8) is 0 Å². The topological polar surface area (TPSA) is 91.7 Å². The van der Waals surface area contributed by atoms with Gasteiger partial charge in [0.1, 0.15) is 0 Å². The van der Waals surface area contributed by atoms with Gasteiger partial charge in [0.05, 0.1) is 13.1 Å². The number of likely N-dealkylation sites (tertiary alicyclic amines) is 1. The Morgan fingerprint density at radius 2 is 1.81 bits per heavy atom. The van der Waals surface area contributed by atoms with E-state index < -0.39 is 6.03 Å². The van der Waals surface area contributed by atoms with Crippen LogP contribution in [0.2, 0.25) is 0 Å². The third kappa shape index (κ3) is 6.84. The SMILES string of the molecule is CCCCNC(=O)NC(=O)C[NH+]1CCC(C(=O)Nc2ccccc2)CC1. The summed E-state index contributed by atoms with van der Waals surface area (Å²) in [5.41, 5.74) is 0.806. The number of carbonyl (C=O) groups is 3. The van der Waals surface area contributed by atoms with Crippen LogP contribution in [0.15, 0.2) is 30.3 Å². The number of anilines is 1. The van der Waals surface area contributed by atoms with Crippen molar-refractivity contribution in [3.8, 4) is 0 Å². The fraction of sp³-hybridized carbons (Fsp3) is 0.526. The van der Waals surface area contributed by atoms with Gasteiger partial charge in [0.15, 0.2) is 6.54 Å². The zero-order chi connectivity index (χ0) is 18.8. The van der Waals surface area contributed by atoms with E-state index in [9.17, 15) is 14.4 Å². The van der Waals surface area contributed by atoms with Crippen LogP contribution in [0.3, 0.4) is 0 Å². The van der Waals surface area contributed by atoms with E-state index >= 15 is 0 Å². The Morgan fingerprint density at radius 3 is 2.46 bits per heavy atom. The second kappa shape index (κ2) is 10.6. The van der Waals surface area contributed by atoms with Crippen LogP contribution in [-0.4, -0.2) is 44.0 Å². The van der Waals surface area contributed by atoms with E-state index in [0.29, 0.717) is 6.54 Å². The molecule has 0 aliphatic carbocycles. The van der Waals surface area contributed by atoms with E-state index in [2.05, 4.69) is 16.0 Å². The second-order valence-electron chi connectivity index (χ2n) is 6.71. The summed E-state index contributed by atoms with van der Waals surface area (Å²) in [6.07, 6.45) is 3.37. The highest BCUT2D eigenvalue weighted by atomic mass is 16.2. The maximum absolute atomic E-state index is 12.3. The summed E-state index contributed by atoms with van der Waals surface area (Å²) in [6, 6.07) is 8.99. The molecular formula is C19H29N4O3+. The van der Waals surface area contributed by atoms with Gasteiger partial charge in [-0.3, -0.25) is 14.9 Å². The van der Waals surface area contributed by atoms with Crippen molar-refractivity contribution in [3.05, 3.63) is 30.3 Å². The Hall–Kier alpha value is -2.41. The van der Waals surface area contributed by atoms with Crippen LogP contribution in [0.1, 0.15) is 32.6 Å². The van der Waals surface area contributed by atoms with Crippen molar-refractivity contribution in [2.24, 2.45) is 5.92 Å². The van der Waals surface area contributed by atoms with Gasteiger partial charge in [-0.05, 0) is 18.6 Å². The van der Waals surface area contributed by atoms with Gasteiger partial charge >= 0.3 is 6.03 Å². The molecule has 4 N–H and O–H groups in total. The molecule has 26 heavy (non-hydrogen) atoms. The van der Waals surface area contributed by atoms with Crippen LogP contribution in [0.4, 0.5) is 10.5 Å². The molecule has 0 spiro atoms. The number of urea groups is 1. The molecule has 0 atom stereocenters. The second-order valence-corrected chi connectivity index (χ2v) is 6.71. The number of hydrogen-bond acceptors (Lipinski definition) is 3. The number of carbonyl (C=O) groups excluding carboxylic acids is 3. The maximum Gasteiger partial charge on any atom is 0.321 e. The molecule has 0 bridgehead atoms. The molecule has 0 aromatic heterocycles. The van der Waals surface area contributed by atoms with Crippen LogP contribution in [0.25, 0.3) is 0 Å². The molecule has 1 saturated heterocycles. The molecule has 1 aliphatic heterocycles. The van der Waals surface area contributed by atoms with Crippen LogP contribution < -0.4 is 20.9 Å². The standard InChI is InChI=1S/C19H28N4O3/c1-2-3-11-20-19(26)22-17(24)14-23-12-9-15(10-13-23)18(25)21-16-7-5-4-6-8-16/h4-8,15H,2-3,9-14H2,1H3,(H,21,25)(H2,20,22,24,26)/p+1. The molecule has 4 amide bonds. The Labute approximate surface area is 154 Å². The molecule has 1 aromatic rings. The van der Waals surface area contributed by atoms with Crippen molar-refractivity contribution in [2.75, 3.05) is 31.5 Å². The zero-order valence-corrected chi connectivity index (χ0v) is 15.3. The highest BCUT2D eigenvalue weighted by molar-refractivity contribution is 5.94. The predicted octanol–water partition coefficient (Wildman–Crippen LogP) is 0.546. The summed E-state index contributed by atoms with van der Waals surface area (Å²) in [4.78, 5) is 36.9. The summed E-state index contributed by atoms with van der Waals surface area (Å²) >= 11 is 0. The molecule has 1 heterocycles. The highest BCUT2D eigenvalue weighted by Crippen LogP contribution is 2.14. The molecule has 7 heteroatoms. The van der Waals surface area contributed by atoms with E-state index in [1.54, 1.807) is 0 Å². The van der Waals surface area contributed by atoms with Crippen molar-refractivity contribution in [2.45, 2.75) is 32.6 Å². The van der Waals surface area contributed by atoms with Crippen molar-refractivity contribution in [1.29, 1.82) is 0 Å². The molecule has 1 aliphatic rings. The summed E-state index contributed by atoms with van der Waals surface area (Å²) in [5.74, 6) is -0.268. The Kier molecular flexibility index (Phi) is 8.08. The minimum Gasteiger partial charge on any atom is -0.338 e. The molecule has 142 valence electrons. The van der Waals surface area contributed by atoms with E-state index in [1.165, 1.54) is 0 Å². The van der Waals surface area contributed by atoms with Gasteiger partial charge in [-0.25, -0.2) is 4.79 Å². The molecule has 7 nitrogen and oxygen atoms in total. The smallest absolute Gasteiger partial charge is 0.321 e. The molecule has 0 unspecified atom stereocenters. The first-order valence-corrected chi connectivity index (χ1v) is 9.35. The van der Waals surface area contributed by atoms with E-state index in [-0.39, 0.29) is 24.3 Å². The predicted molar refractivity (Wildman–Crippen MR) is 99.8 cm³/mol.